The fraction of sp³-hybridized carbons (Fsp3) is 0.250. The Kier molecular flexibility index (Phi) is 10.8. The van der Waals surface area contributed by atoms with Gasteiger partial charge in [0.15, 0.2) is 0 Å². The fourth-order valence-corrected chi connectivity index (χ4v) is 6.82. The van der Waals surface area contributed by atoms with Crippen molar-refractivity contribution >= 4 is 40.1 Å². The lowest BCUT2D eigenvalue weighted by molar-refractivity contribution is -0.192. The van der Waals surface area contributed by atoms with Gasteiger partial charge in [0.2, 0.25) is 0 Å². The predicted octanol–water partition coefficient (Wildman–Crippen LogP) is 10.7. The van der Waals surface area contributed by atoms with Gasteiger partial charge in [-0.2, -0.15) is 26.3 Å². The number of carbonyl (C=O) groups is 1. The predicted molar refractivity (Wildman–Crippen MR) is 175 cm³/mol. The average molecular weight is 708 g/mol. The van der Waals surface area contributed by atoms with Gasteiger partial charge in [0.05, 0.1) is 11.3 Å². The Balaban J connectivity index is 0.000000582. The number of nitrogens with zero attached hydrogens (tertiary/aromatic N) is 2. The summed E-state index contributed by atoms with van der Waals surface area (Å²) in [6, 6.07) is 29.8. The van der Waals surface area contributed by atoms with E-state index >= 15 is 0 Å². The van der Waals surface area contributed by atoms with Crippen molar-refractivity contribution in [2.24, 2.45) is 0 Å². The number of hydrogen-bond acceptors (Lipinski definition) is 2. The molecule has 12 heteroatoms. The number of para-hydroxylation sites is 1. The summed E-state index contributed by atoms with van der Waals surface area (Å²) in [5.74, 6) is -2.44. The number of aliphatic carboxylic acids is 1. The van der Waals surface area contributed by atoms with Crippen LogP contribution in [-0.2, 0) is 24.1 Å². The van der Waals surface area contributed by atoms with E-state index in [1.807, 2.05) is 42.5 Å². The summed E-state index contributed by atoms with van der Waals surface area (Å²) in [4.78, 5) is 11.4. The number of likely N-dealkylation sites (tertiary alicyclic amines) is 1. The number of carboxylic acid groups (broad SMARTS) is 1. The van der Waals surface area contributed by atoms with E-state index in [-0.39, 0.29) is 0 Å². The number of aromatic nitrogens is 1. The van der Waals surface area contributed by atoms with E-state index in [9.17, 15) is 26.3 Å². The number of rotatable bonds is 6. The lowest BCUT2D eigenvalue weighted by Gasteiger charge is -2.33. The number of benzene rings is 4. The van der Waals surface area contributed by atoms with E-state index in [0.717, 1.165) is 75.8 Å². The molecule has 1 saturated heterocycles. The van der Waals surface area contributed by atoms with Crippen molar-refractivity contribution in [1.82, 2.24) is 9.47 Å². The number of carboxylic acids is 1. The summed E-state index contributed by atoms with van der Waals surface area (Å²) < 4.78 is 73.6. The van der Waals surface area contributed by atoms with Crippen LogP contribution < -0.4 is 0 Å². The van der Waals surface area contributed by atoms with Crippen LogP contribution in [0.4, 0.5) is 26.3 Å². The first-order chi connectivity index (χ1) is 22.7. The van der Waals surface area contributed by atoms with Crippen LogP contribution in [-0.4, -0.2) is 39.8 Å². The number of halogens is 8. The molecule has 4 aromatic carbocycles. The second-order valence-corrected chi connectivity index (χ2v) is 12.3. The lowest BCUT2D eigenvalue weighted by Crippen LogP contribution is -2.32. The fourth-order valence-electron chi connectivity index (χ4n) is 6.11. The summed E-state index contributed by atoms with van der Waals surface area (Å²) in [5, 5.41) is 9.75. The van der Waals surface area contributed by atoms with Crippen molar-refractivity contribution in [2.75, 3.05) is 13.1 Å². The largest absolute Gasteiger partial charge is 0.490 e. The van der Waals surface area contributed by atoms with E-state index in [4.69, 9.17) is 33.1 Å². The molecular weight excluding hydrogens is 677 g/mol. The van der Waals surface area contributed by atoms with Crippen LogP contribution >= 0.6 is 23.2 Å². The zero-order valence-corrected chi connectivity index (χ0v) is 26.8. The molecule has 1 aliphatic rings. The molecule has 6 rings (SSSR count). The van der Waals surface area contributed by atoms with Crippen molar-refractivity contribution in [2.45, 2.75) is 44.2 Å². The van der Waals surface area contributed by atoms with Crippen molar-refractivity contribution in [3.8, 4) is 11.3 Å². The molecule has 0 bridgehead atoms. The Morgan fingerprint density at radius 2 is 1.31 bits per heavy atom. The van der Waals surface area contributed by atoms with Crippen LogP contribution in [0, 0.1) is 0 Å². The van der Waals surface area contributed by atoms with Crippen LogP contribution in [0.3, 0.4) is 0 Å². The third-order valence-corrected chi connectivity index (χ3v) is 9.02. The quantitative estimate of drug-likeness (QED) is 0.179. The monoisotopic (exact) mass is 706 g/mol. The Morgan fingerprint density at radius 3 is 1.88 bits per heavy atom. The molecule has 0 aliphatic carbocycles. The average Bonchev–Trinajstić information content (AvgIpc) is 3.34. The van der Waals surface area contributed by atoms with E-state index in [1.54, 1.807) is 12.1 Å². The molecule has 0 radical (unpaired) electrons. The minimum atomic E-state index is -5.08. The van der Waals surface area contributed by atoms with Crippen LogP contribution in [0.5, 0.6) is 0 Å². The second-order valence-electron chi connectivity index (χ2n) is 11.5. The van der Waals surface area contributed by atoms with Gasteiger partial charge < -0.3 is 9.67 Å². The SMILES string of the molecule is FC(F)(F)c1ccc(Cn2c(-c3ccccc3)c(CN3CCC(c4c(Cl)cccc4Cl)CC3)c3ccccc32)cc1.O=C(O)C(F)(F)F. The van der Waals surface area contributed by atoms with Gasteiger partial charge in [-0.1, -0.05) is 89.9 Å². The van der Waals surface area contributed by atoms with Crippen molar-refractivity contribution in [3.05, 3.63) is 129 Å². The van der Waals surface area contributed by atoms with Crippen molar-refractivity contribution < 1.29 is 36.2 Å². The summed E-state index contributed by atoms with van der Waals surface area (Å²) in [6.45, 7) is 3.07. The molecule has 0 spiro atoms. The highest BCUT2D eigenvalue weighted by molar-refractivity contribution is 6.36. The van der Waals surface area contributed by atoms with Gasteiger partial charge in [-0.25, -0.2) is 4.79 Å². The van der Waals surface area contributed by atoms with Crippen LogP contribution in [0.15, 0.2) is 97.1 Å². The molecule has 1 aromatic heterocycles. The smallest absolute Gasteiger partial charge is 0.475 e. The molecule has 1 fully saturated rings. The van der Waals surface area contributed by atoms with Gasteiger partial charge in [-0.3, -0.25) is 4.90 Å². The Hall–Kier alpha value is -3.99. The Morgan fingerprint density at radius 1 is 0.750 bits per heavy atom. The van der Waals surface area contributed by atoms with E-state index in [2.05, 4.69) is 39.8 Å². The molecule has 1 aliphatic heterocycles. The molecule has 1 N–H and O–H groups in total. The summed E-state index contributed by atoms with van der Waals surface area (Å²) >= 11 is 13.1. The van der Waals surface area contributed by atoms with E-state index < -0.39 is 23.9 Å². The molecular formula is C36H30Cl2F6N2O2. The summed E-state index contributed by atoms with van der Waals surface area (Å²) in [5.41, 5.74) is 5.72. The van der Waals surface area contributed by atoms with Crippen LogP contribution in [0.25, 0.3) is 22.2 Å². The zero-order valence-electron chi connectivity index (χ0n) is 25.3. The van der Waals surface area contributed by atoms with Gasteiger partial charge in [-0.15, -0.1) is 0 Å². The number of fused-ring (bicyclic) bond motifs is 1. The maximum absolute atomic E-state index is 13.2. The first-order valence-corrected chi connectivity index (χ1v) is 15.8. The molecule has 5 aromatic rings. The molecule has 4 nitrogen and oxygen atoms in total. The van der Waals surface area contributed by atoms with Gasteiger partial charge in [0.25, 0.3) is 0 Å². The van der Waals surface area contributed by atoms with Crippen molar-refractivity contribution in [1.29, 1.82) is 0 Å². The second kappa shape index (κ2) is 14.6. The maximum atomic E-state index is 13.2. The first-order valence-electron chi connectivity index (χ1n) is 15.0. The van der Waals surface area contributed by atoms with E-state index in [0.29, 0.717) is 12.5 Å². The molecule has 0 amide bonds. The van der Waals surface area contributed by atoms with Gasteiger partial charge >= 0.3 is 18.3 Å². The topological polar surface area (TPSA) is 45.5 Å². The summed E-state index contributed by atoms with van der Waals surface area (Å²) in [6.07, 6.45) is -7.51. The first kappa shape index (κ1) is 35.3. The van der Waals surface area contributed by atoms with Crippen molar-refractivity contribution in [3.63, 3.8) is 0 Å². The Labute approximate surface area is 283 Å². The van der Waals surface area contributed by atoms with Gasteiger partial charge in [0.1, 0.15) is 0 Å². The number of piperidine rings is 1. The number of hydrogen-bond donors (Lipinski definition) is 1. The highest BCUT2D eigenvalue weighted by Crippen LogP contribution is 2.40. The van der Waals surface area contributed by atoms with Gasteiger partial charge in [0, 0.05) is 34.0 Å². The molecule has 0 unspecified atom stereocenters. The third kappa shape index (κ3) is 8.17. The molecule has 0 saturated carbocycles. The molecule has 2 heterocycles. The lowest BCUT2D eigenvalue weighted by atomic mass is 9.89. The van der Waals surface area contributed by atoms with Crippen LogP contribution in [0.1, 0.15) is 41.0 Å². The number of alkyl halides is 6. The molecule has 252 valence electrons. The third-order valence-electron chi connectivity index (χ3n) is 8.36. The Bertz CT molecular complexity index is 1840. The summed E-state index contributed by atoms with van der Waals surface area (Å²) in [7, 11) is 0. The maximum Gasteiger partial charge on any atom is 0.490 e. The molecule has 48 heavy (non-hydrogen) atoms. The normalized spacial score (nSPS) is 14.5. The highest BCUT2D eigenvalue weighted by Gasteiger charge is 2.38. The standard InChI is InChI=1S/C34H29Cl2F3N2.C2HF3O2/c35-29-10-6-11-30(36)32(29)24-17-19-40(20-18-24)22-28-27-9-4-5-12-31(27)41(33(28)25-7-2-1-3-8-25)21-23-13-15-26(16-14-23)34(37,38)39;3-2(4,5)1(6)7/h1-16,24H,17-22H2;(H,6,7). The van der Waals surface area contributed by atoms with Gasteiger partial charge in [-0.05, 0) is 84.4 Å². The zero-order chi connectivity index (χ0) is 34.6. The minimum absolute atomic E-state index is 0.321. The minimum Gasteiger partial charge on any atom is -0.475 e. The van der Waals surface area contributed by atoms with E-state index in [1.165, 1.54) is 17.7 Å². The van der Waals surface area contributed by atoms with Crippen LogP contribution in [0.2, 0.25) is 10.0 Å². The highest BCUT2D eigenvalue weighted by atomic mass is 35.5. The molecule has 0 atom stereocenters.